The molecule has 0 saturated heterocycles. The van der Waals surface area contributed by atoms with Gasteiger partial charge in [-0.3, -0.25) is 4.79 Å². The smallest absolute Gasteiger partial charge is 0.268 e. The number of fused-ring (bicyclic) bond motifs is 5. The lowest BCUT2D eigenvalue weighted by molar-refractivity contribution is 0.318. The van der Waals surface area contributed by atoms with E-state index in [1.54, 1.807) is 33.7 Å². The molecule has 0 fully saturated rings. The van der Waals surface area contributed by atoms with Gasteiger partial charge in [-0.1, -0.05) is 42.8 Å². The van der Waals surface area contributed by atoms with E-state index >= 15 is 0 Å². The van der Waals surface area contributed by atoms with Gasteiger partial charge < -0.3 is 4.90 Å². The van der Waals surface area contributed by atoms with Gasteiger partial charge in [0, 0.05) is 28.7 Å². The molecule has 156 valence electrons. The van der Waals surface area contributed by atoms with Crippen molar-refractivity contribution in [3.63, 3.8) is 0 Å². The van der Waals surface area contributed by atoms with Crippen LogP contribution in [-0.2, 0) is 13.0 Å². The van der Waals surface area contributed by atoms with Crippen LogP contribution in [0.25, 0.3) is 21.7 Å². The van der Waals surface area contributed by atoms with E-state index in [9.17, 15) is 4.79 Å². The summed E-state index contributed by atoms with van der Waals surface area (Å²) in [7, 11) is 2.12. The Morgan fingerprint density at radius 3 is 2.97 bits per heavy atom. The second kappa shape index (κ2) is 8.00. The molecule has 0 spiro atoms. The largest absolute Gasteiger partial charge is 0.301 e. The number of hydrogen-bond donors (Lipinski definition) is 0. The fourth-order valence-electron chi connectivity index (χ4n) is 3.93. The number of halogens is 1. The van der Waals surface area contributed by atoms with Crippen molar-refractivity contribution in [2.45, 2.75) is 37.9 Å². The number of benzene rings is 1. The van der Waals surface area contributed by atoms with Crippen LogP contribution in [0.5, 0.6) is 0 Å². The van der Waals surface area contributed by atoms with Gasteiger partial charge in [-0.15, -0.1) is 21.5 Å². The van der Waals surface area contributed by atoms with E-state index in [1.165, 1.54) is 10.4 Å². The second-order valence-electron chi connectivity index (χ2n) is 7.61. The topological polar surface area (TPSA) is 55.4 Å². The minimum Gasteiger partial charge on any atom is -0.301 e. The monoisotopic (exact) mass is 459 g/mol. The Morgan fingerprint density at radius 2 is 2.17 bits per heavy atom. The summed E-state index contributed by atoms with van der Waals surface area (Å²) in [4.78, 5) is 18.3. The number of aromatic nitrogens is 4. The zero-order chi connectivity index (χ0) is 20.8. The quantitative estimate of drug-likeness (QED) is 0.321. The average Bonchev–Trinajstić information content (AvgIpc) is 3.29. The molecule has 0 amide bonds. The SMILES string of the molecule is CCCCSc1nnc2n(-c3cccc(Cl)c3)c(=O)c3c4c(sc3n12)CN(C)CC4. The van der Waals surface area contributed by atoms with Crippen LogP contribution in [0.15, 0.2) is 34.2 Å². The first-order chi connectivity index (χ1) is 14.6. The maximum absolute atomic E-state index is 13.8. The number of likely N-dealkylation sites (N-methyl/N-ethyl adjacent to an activating group) is 1. The number of rotatable bonds is 5. The van der Waals surface area contributed by atoms with Gasteiger partial charge >= 0.3 is 0 Å². The van der Waals surface area contributed by atoms with Crippen LogP contribution in [0.1, 0.15) is 30.2 Å². The second-order valence-corrected chi connectivity index (χ2v) is 10.2. The highest BCUT2D eigenvalue weighted by Crippen LogP contribution is 2.35. The molecule has 9 heteroatoms. The van der Waals surface area contributed by atoms with Gasteiger partial charge in [0.2, 0.25) is 5.78 Å². The number of thioether (sulfide) groups is 1. The van der Waals surface area contributed by atoms with E-state index in [1.807, 2.05) is 18.2 Å². The lowest BCUT2D eigenvalue weighted by Gasteiger charge is -2.21. The van der Waals surface area contributed by atoms with Crippen LogP contribution in [-0.4, -0.2) is 43.4 Å². The van der Waals surface area contributed by atoms with Crippen LogP contribution in [0, 0.1) is 0 Å². The van der Waals surface area contributed by atoms with E-state index in [4.69, 9.17) is 11.6 Å². The summed E-state index contributed by atoms with van der Waals surface area (Å²) in [5.74, 6) is 1.52. The summed E-state index contributed by atoms with van der Waals surface area (Å²) in [5, 5.41) is 11.1. The Labute approximate surface area is 187 Å². The zero-order valence-corrected chi connectivity index (χ0v) is 19.3. The molecular formula is C21H22ClN5OS2. The molecule has 6 nitrogen and oxygen atoms in total. The first kappa shape index (κ1) is 20.1. The molecular weight excluding hydrogens is 438 g/mol. The third-order valence-corrected chi connectivity index (χ3v) is 7.91. The van der Waals surface area contributed by atoms with Gasteiger partial charge in [0.05, 0.1) is 11.1 Å². The maximum atomic E-state index is 13.8. The standard InChI is InChI=1S/C21H22ClN5OS2/c1-3-4-10-29-21-24-23-20-26(14-7-5-6-13(22)11-14)18(28)17-15-8-9-25(2)12-16(15)30-19(17)27(20)21/h5-7,11H,3-4,8-10,12H2,1-2H3. The van der Waals surface area contributed by atoms with Gasteiger partial charge in [-0.05, 0) is 43.7 Å². The molecule has 0 aliphatic carbocycles. The number of unbranched alkanes of at least 4 members (excludes halogenated alkanes) is 1. The van der Waals surface area contributed by atoms with Crippen LogP contribution in [0.3, 0.4) is 0 Å². The predicted octanol–water partition coefficient (Wildman–Crippen LogP) is 4.63. The summed E-state index contributed by atoms with van der Waals surface area (Å²) in [5.41, 5.74) is 1.85. The zero-order valence-electron chi connectivity index (χ0n) is 16.9. The summed E-state index contributed by atoms with van der Waals surface area (Å²) >= 11 is 9.65. The molecule has 1 aromatic carbocycles. The third kappa shape index (κ3) is 3.26. The fraction of sp³-hybridized carbons (Fsp3) is 0.381. The summed E-state index contributed by atoms with van der Waals surface area (Å²) in [6, 6.07) is 7.37. The Kier molecular flexibility index (Phi) is 5.35. The van der Waals surface area contributed by atoms with Crippen molar-refractivity contribution in [2.75, 3.05) is 19.3 Å². The third-order valence-electron chi connectivity index (χ3n) is 5.46. The van der Waals surface area contributed by atoms with Crippen LogP contribution >= 0.6 is 34.7 Å². The molecule has 4 aromatic rings. The lowest BCUT2D eigenvalue weighted by atomic mass is 10.1. The van der Waals surface area contributed by atoms with E-state index < -0.39 is 0 Å². The van der Waals surface area contributed by atoms with Gasteiger partial charge in [-0.25, -0.2) is 8.97 Å². The van der Waals surface area contributed by atoms with Gasteiger partial charge in [0.1, 0.15) is 4.83 Å². The molecule has 30 heavy (non-hydrogen) atoms. The molecule has 3 aromatic heterocycles. The van der Waals surface area contributed by atoms with Crippen molar-refractivity contribution in [1.29, 1.82) is 0 Å². The molecule has 0 atom stereocenters. The average molecular weight is 460 g/mol. The minimum absolute atomic E-state index is 0.0423. The highest BCUT2D eigenvalue weighted by Gasteiger charge is 2.26. The van der Waals surface area contributed by atoms with Crippen molar-refractivity contribution in [3.8, 4) is 5.69 Å². The van der Waals surface area contributed by atoms with Crippen molar-refractivity contribution < 1.29 is 0 Å². The maximum Gasteiger partial charge on any atom is 0.268 e. The fourth-order valence-corrected chi connectivity index (χ4v) is 6.61. The Hall–Kier alpha value is -1.87. The molecule has 5 rings (SSSR count). The molecule has 0 unspecified atom stereocenters. The van der Waals surface area contributed by atoms with E-state index in [-0.39, 0.29) is 5.56 Å². The van der Waals surface area contributed by atoms with Crippen LogP contribution in [0.2, 0.25) is 5.02 Å². The van der Waals surface area contributed by atoms with Gasteiger partial charge in [0.25, 0.3) is 5.56 Å². The van der Waals surface area contributed by atoms with Crippen molar-refractivity contribution in [1.82, 2.24) is 24.1 Å². The van der Waals surface area contributed by atoms with Crippen LogP contribution in [0.4, 0.5) is 0 Å². The van der Waals surface area contributed by atoms with E-state index in [0.29, 0.717) is 16.5 Å². The van der Waals surface area contributed by atoms with Gasteiger partial charge in [0.15, 0.2) is 5.16 Å². The molecule has 4 heterocycles. The summed E-state index contributed by atoms with van der Waals surface area (Å²) in [6.45, 7) is 4.00. The minimum atomic E-state index is -0.0423. The summed E-state index contributed by atoms with van der Waals surface area (Å²) < 4.78 is 3.73. The van der Waals surface area contributed by atoms with Gasteiger partial charge in [-0.2, -0.15) is 0 Å². The summed E-state index contributed by atoms with van der Waals surface area (Å²) in [6.07, 6.45) is 3.12. The highest BCUT2D eigenvalue weighted by atomic mass is 35.5. The van der Waals surface area contributed by atoms with Crippen molar-refractivity contribution in [2.24, 2.45) is 0 Å². The first-order valence-electron chi connectivity index (χ1n) is 10.1. The molecule has 0 radical (unpaired) electrons. The Bertz CT molecular complexity index is 1310. The Morgan fingerprint density at radius 1 is 1.30 bits per heavy atom. The molecule has 0 N–H and O–H groups in total. The molecule has 0 bridgehead atoms. The Balaban J connectivity index is 1.85. The van der Waals surface area contributed by atoms with E-state index in [2.05, 4.69) is 33.5 Å². The number of nitrogens with zero attached hydrogens (tertiary/aromatic N) is 5. The molecule has 1 aliphatic heterocycles. The van der Waals surface area contributed by atoms with Crippen molar-refractivity contribution >= 4 is 50.7 Å². The molecule has 0 saturated carbocycles. The highest BCUT2D eigenvalue weighted by molar-refractivity contribution is 7.99. The molecule has 1 aliphatic rings. The van der Waals surface area contributed by atoms with E-state index in [0.717, 1.165) is 53.5 Å². The number of thiophene rings is 1. The normalized spacial score (nSPS) is 14.6. The predicted molar refractivity (Wildman–Crippen MR) is 125 cm³/mol. The lowest BCUT2D eigenvalue weighted by Crippen LogP contribution is -2.27. The van der Waals surface area contributed by atoms with Crippen molar-refractivity contribution in [3.05, 3.63) is 50.1 Å². The first-order valence-corrected chi connectivity index (χ1v) is 12.3. The van der Waals surface area contributed by atoms with Crippen LogP contribution < -0.4 is 5.56 Å². The number of hydrogen-bond acceptors (Lipinski definition) is 6.